The molecule has 0 N–H and O–H groups in total. The van der Waals surface area contributed by atoms with Crippen LogP contribution in [-0.2, 0) is 5.41 Å². The van der Waals surface area contributed by atoms with E-state index in [1.807, 2.05) is 30.5 Å². The molecule has 0 saturated heterocycles. The van der Waals surface area contributed by atoms with E-state index in [-0.39, 0.29) is 5.41 Å². The van der Waals surface area contributed by atoms with E-state index in [4.69, 9.17) is 19.9 Å². The van der Waals surface area contributed by atoms with Gasteiger partial charge in [-0.1, -0.05) is 263 Å². The van der Waals surface area contributed by atoms with Crippen molar-refractivity contribution in [3.63, 3.8) is 0 Å². The van der Waals surface area contributed by atoms with Crippen LogP contribution in [0, 0.1) is 0 Å². The van der Waals surface area contributed by atoms with Crippen molar-refractivity contribution < 1.29 is 0 Å². The lowest BCUT2D eigenvalue weighted by molar-refractivity contribution is 0.660. The van der Waals surface area contributed by atoms with E-state index in [0.717, 1.165) is 134 Å². The molecule has 0 radical (unpaired) electrons. The molecule has 0 fully saturated rings. The summed E-state index contributed by atoms with van der Waals surface area (Å²) in [6.45, 7) is 4.66. The molecule has 0 amide bonds. The van der Waals surface area contributed by atoms with Crippen LogP contribution in [0.2, 0.25) is 0 Å². The molecule has 23 rings (SSSR count). The normalized spacial score (nSPS) is 12.3. The van der Waals surface area contributed by atoms with Crippen molar-refractivity contribution >= 4 is 87.2 Å². The van der Waals surface area contributed by atoms with Gasteiger partial charge in [-0.25, -0.2) is 19.9 Å². The molecule has 0 saturated carbocycles. The van der Waals surface area contributed by atoms with Crippen LogP contribution < -0.4 is 0 Å². The van der Waals surface area contributed by atoms with Crippen LogP contribution in [0.1, 0.15) is 25.0 Å². The fourth-order valence-corrected chi connectivity index (χ4v) is 17.9. The average molecular weight is 1470 g/mol. The predicted molar refractivity (Wildman–Crippen MR) is 475 cm³/mol. The van der Waals surface area contributed by atoms with Crippen molar-refractivity contribution in [2.45, 2.75) is 19.3 Å². The minimum Gasteiger partial charge on any atom is -0.309 e. The first kappa shape index (κ1) is 66.8. The van der Waals surface area contributed by atoms with Crippen molar-refractivity contribution in [3.8, 4) is 113 Å². The van der Waals surface area contributed by atoms with Gasteiger partial charge in [0.1, 0.15) is 0 Å². The summed E-state index contributed by atoms with van der Waals surface area (Å²) < 4.78 is 9.62. The molecule has 0 bridgehead atoms. The lowest BCUT2D eigenvalue weighted by atomic mass is 9.82. The van der Waals surface area contributed by atoms with Gasteiger partial charge in [0, 0.05) is 105 Å². The molecule has 7 aromatic heterocycles. The standard InChI is InChI=1S/C55H38N4.C51H33N5/c1-55(2)46-24-14-12-22-40(46)41-28-26-36(33-47(41)55)52-43-23-13-15-25-48(43)56-54(57-52)37-27-30-49-44(32-37)42-29-31-50-45(53(42)59(49)39-20-10-5-11-21-39)34-51(35-16-6-3-7-17-35)58(50)38-18-8-4-9-19-38;1-4-14-35(15-5-1)48-33-43-47(55(48)38-16-6-2-7-17-38)30-28-40-42-32-37(27-29-46(42)56(50(40)43)39-18-8-3-9-19-39)51-53-45-22-11-10-20-41(45)49(54-51)36-25-23-34(24-26-36)44-21-12-13-31-52-44/h3-34H,1-2H3;1-33H. The summed E-state index contributed by atoms with van der Waals surface area (Å²) in [5.74, 6) is 1.41. The second-order valence-corrected chi connectivity index (χ2v) is 30.3. The Labute approximate surface area is 663 Å². The highest BCUT2D eigenvalue weighted by Gasteiger charge is 2.36. The SMILES string of the molecule is CC1(C)c2ccccc2-c2ccc(-c3nc(-c4ccc5c(c4)c4ccc6c(cc(-c7ccccc7)n6-c6ccccc6)c4n5-c4ccccc4)nc4ccccc34)cc21.c1ccc(-c2cc3c(ccc4c5cc(-c6nc(-c7ccc(-c8ccccn8)cc7)c7ccccc7n6)ccc5n(-c5ccccc5)c43)n2-c2ccccc2)cc1. The zero-order valence-electron chi connectivity index (χ0n) is 63.1. The summed E-state index contributed by atoms with van der Waals surface area (Å²) >= 11 is 0. The number of hydrogen-bond donors (Lipinski definition) is 0. The van der Waals surface area contributed by atoms with Crippen LogP contribution in [-0.4, -0.2) is 43.2 Å². The number of rotatable bonds is 11. The predicted octanol–water partition coefficient (Wildman–Crippen LogP) is 26.7. The molecule has 22 aromatic rings. The van der Waals surface area contributed by atoms with E-state index in [9.17, 15) is 0 Å². The van der Waals surface area contributed by atoms with E-state index in [1.165, 1.54) is 66.0 Å². The highest BCUT2D eigenvalue weighted by Crippen LogP contribution is 2.51. The van der Waals surface area contributed by atoms with Gasteiger partial charge in [0.15, 0.2) is 11.6 Å². The quantitative estimate of drug-likeness (QED) is 0.129. The Hall–Kier alpha value is -15.2. The lowest BCUT2D eigenvalue weighted by Gasteiger charge is -2.22. The molecule has 1 aliphatic carbocycles. The maximum Gasteiger partial charge on any atom is 0.160 e. The Balaban J connectivity index is 0.000000140. The van der Waals surface area contributed by atoms with Gasteiger partial charge in [-0.05, 0) is 173 Å². The second kappa shape index (κ2) is 27.1. The Morgan fingerprint density at radius 2 is 0.617 bits per heavy atom. The zero-order chi connectivity index (χ0) is 76.2. The van der Waals surface area contributed by atoms with Gasteiger partial charge >= 0.3 is 0 Å². The van der Waals surface area contributed by atoms with Gasteiger partial charge in [0.05, 0.1) is 72.6 Å². The molecule has 0 aliphatic heterocycles. The maximum atomic E-state index is 5.43. The number of pyridine rings is 1. The van der Waals surface area contributed by atoms with Crippen molar-refractivity contribution in [2.75, 3.05) is 0 Å². The van der Waals surface area contributed by atoms with Gasteiger partial charge in [0.25, 0.3) is 0 Å². The van der Waals surface area contributed by atoms with Gasteiger partial charge in [-0.15, -0.1) is 0 Å². The summed E-state index contributed by atoms with van der Waals surface area (Å²) in [5.41, 5.74) is 31.0. The third kappa shape index (κ3) is 11.1. The van der Waals surface area contributed by atoms with E-state index in [0.29, 0.717) is 11.6 Å². The molecule has 0 unspecified atom stereocenters. The molecule has 15 aromatic carbocycles. The molecule has 0 atom stereocenters. The fraction of sp³-hybridized carbons (Fsp3) is 0.0283. The molecule has 540 valence electrons. The first-order chi connectivity index (χ1) is 56.8. The zero-order valence-corrected chi connectivity index (χ0v) is 63.1. The number of nitrogens with zero attached hydrogens (tertiary/aromatic N) is 9. The number of benzene rings is 15. The van der Waals surface area contributed by atoms with Crippen molar-refractivity contribution in [3.05, 3.63) is 406 Å². The monoisotopic (exact) mass is 1470 g/mol. The van der Waals surface area contributed by atoms with Crippen molar-refractivity contribution in [1.29, 1.82) is 0 Å². The van der Waals surface area contributed by atoms with Crippen LogP contribution in [0.15, 0.2) is 394 Å². The van der Waals surface area contributed by atoms with E-state index in [2.05, 4.69) is 401 Å². The summed E-state index contributed by atoms with van der Waals surface area (Å²) in [6, 6.07) is 138. The molecule has 7 heterocycles. The van der Waals surface area contributed by atoms with Crippen LogP contribution in [0.25, 0.3) is 200 Å². The smallest absolute Gasteiger partial charge is 0.160 e. The summed E-state index contributed by atoms with van der Waals surface area (Å²) in [6.07, 6.45) is 1.83. The van der Waals surface area contributed by atoms with Crippen molar-refractivity contribution in [2.24, 2.45) is 0 Å². The fourth-order valence-electron chi connectivity index (χ4n) is 17.9. The molecule has 1 aliphatic rings. The summed E-state index contributed by atoms with van der Waals surface area (Å²) in [5, 5.41) is 9.11. The van der Waals surface area contributed by atoms with Crippen LogP contribution in [0.4, 0.5) is 0 Å². The average Bonchev–Trinajstić information content (AvgIpc) is 1.51. The minimum atomic E-state index is -0.110. The van der Waals surface area contributed by atoms with Crippen LogP contribution >= 0.6 is 0 Å². The highest BCUT2D eigenvalue weighted by molar-refractivity contribution is 6.21. The first-order valence-corrected chi connectivity index (χ1v) is 39.2. The largest absolute Gasteiger partial charge is 0.309 e. The van der Waals surface area contributed by atoms with Crippen molar-refractivity contribution in [1.82, 2.24) is 43.2 Å². The van der Waals surface area contributed by atoms with Gasteiger partial charge in [-0.3, -0.25) is 4.98 Å². The van der Waals surface area contributed by atoms with E-state index >= 15 is 0 Å². The third-order valence-electron chi connectivity index (χ3n) is 23.3. The number of para-hydroxylation sites is 6. The Bertz CT molecular complexity index is 7560. The third-order valence-corrected chi connectivity index (χ3v) is 23.3. The molecule has 0 spiro atoms. The van der Waals surface area contributed by atoms with Gasteiger partial charge < -0.3 is 18.3 Å². The Kier molecular flexibility index (Phi) is 15.7. The van der Waals surface area contributed by atoms with Crippen LogP contribution in [0.5, 0.6) is 0 Å². The van der Waals surface area contributed by atoms with E-state index in [1.54, 1.807) is 0 Å². The lowest BCUT2D eigenvalue weighted by Crippen LogP contribution is -2.14. The Morgan fingerprint density at radius 1 is 0.235 bits per heavy atom. The van der Waals surface area contributed by atoms with Crippen LogP contribution in [0.3, 0.4) is 0 Å². The maximum absolute atomic E-state index is 5.43. The number of aromatic nitrogens is 9. The van der Waals surface area contributed by atoms with Gasteiger partial charge in [-0.2, -0.15) is 0 Å². The number of hydrogen-bond acceptors (Lipinski definition) is 5. The molecular formula is C106H71N9. The molecular weight excluding hydrogens is 1400 g/mol. The summed E-state index contributed by atoms with van der Waals surface area (Å²) in [4.78, 5) is 25.6. The second-order valence-electron chi connectivity index (χ2n) is 30.3. The minimum absolute atomic E-state index is 0.110. The Morgan fingerprint density at radius 3 is 1.10 bits per heavy atom. The molecule has 115 heavy (non-hydrogen) atoms. The highest BCUT2D eigenvalue weighted by atomic mass is 15.0. The van der Waals surface area contributed by atoms with Gasteiger partial charge in [0.2, 0.25) is 0 Å². The molecule has 9 heteroatoms. The number of fused-ring (bicyclic) bond motifs is 15. The molecule has 9 nitrogen and oxygen atoms in total. The van der Waals surface area contributed by atoms with E-state index < -0.39 is 0 Å². The topological polar surface area (TPSA) is 84.2 Å². The summed E-state index contributed by atoms with van der Waals surface area (Å²) in [7, 11) is 0. The first-order valence-electron chi connectivity index (χ1n) is 39.2.